The molecule has 3 rings (SSSR count). The van der Waals surface area contributed by atoms with Crippen LogP contribution in [0.25, 0.3) is 22.6 Å². The van der Waals surface area contributed by atoms with Gasteiger partial charge in [-0.05, 0) is 54.2 Å². The molecule has 7 heteroatoms. The predicted octanol–water partition coefficient (Wildman–Crippen LogP) is 2.64. The van der Waals surface area contributed by atoms with Gasteiger partial charge in [-0.1, -0.05) is 0 Å². The molecule has 5 nitrogen and oxygen atoms in total. The van der Waals surface area contributed by atoms with Crippen molar-refractivity contribution in [2.75, 3.05) is 0 Å². The van der Waals surface area contributed by atoms with Gasteiger partial charge in [0, 0.05) is 12.7 Å². The highest BCUT2D eigenvalue weighted by Gasteiger charge is 2.11. The van der Waals surface area contributed by atoms with Gasteiger partial charge in [0.05, 0.1) is 5.56 Å². The molecule has 0 fully saturated rings. The zero-order valence-electron chi connectivity index (χ0n) is 11.1. The van der Waals surface area contributed by atoms with E-state index in [4.69, 9.17) is 12.2 Å². The minimum Gasteiger partial charge on any atom is -0.321 e. The number of rotatable bonds is 2. The average molecular weight is 302 g/mol. The average Bonchev–Trinajstić information content (AvgIpc) is 2.80. The molecule has 106 valence electrons. The van der Waals surface area contributed by atoms with Crippen molar-refractivity contribution in [1.82, 2.24) is 19.7 Å². The molecule has 0 atom stereocenters. The third-order valence-corrected chi connectivity index (χ3v) is 3.55. The maximum Gasteiger partial charge on any atom is 0.259 e. The van der Waals surface area contributed by atoms with Crippen LogP contribution in [0.5, 0.6) is 0 Å². The van der Waals surface area contributed by atoms with Crippen molar-refractivity contribution in [1.29, 1.82) is 0 Å². The van der Waals surface area contributed by atoms with Crippen LogP contribution in [0.3, 0.4) is 0 Å². The Kier molecular flexibility index (Phi) is 3.26. The Morgan fingerprint density at radius 2 is 1.90 bits per heavy atom. The fourth-order valence-electron chi connectivity index (χ4n) is 2.04. The first-order valence-electron chi connectivity index (χ1n) is 6.17. The van der Waals surface area contributed by atoms with Crippen LogP contribution in [0.1, 0.15) is 0 Å². The van der Waals surface area contributed by atoms with E-state index in [-0.39, 0.29) is 11.4 Å². The number of pyridine rings is 1. The van der Waals surface area contributed by atoms with Crippen molar-refractivity contribution in [2.45, 2.75) is 0 Å². The Hall–Kier alpha value is -2.54. The number of nitrogens with one attached hydrogen (secondary N) is 2. The molecule has 0 aliphatic carbocycles. The molecule has 0 saturated heterocycles. The van der Waals surface area contributed by atoms with Crippen LogP contribution in [-0.2, 0) is 7.05 Å². The molecular formula is C14H11FN4OS. The van der Waals surface area contributed by atoms with Crippen molar-refractivity contribution in [3.63, 3.8) is 0 Å². The van der Waals surface area contributed by atoms with Gasteiger partial charge < -0.3 is 9.55 Å². The summed E-state index contributed by atoms with van der Waals surface area (Å²) in [7, 11) is 1.73. The topological polar surface area (TPSA) is 66.5 Å². The van der Waals surface area contributed by atoms with Crippen LogP contribution in [-0.4, -0.2) is 19.7 Å². The molecule has 21 heavy (non-hydrogen) atoms. The Labute approximate surface area is 124 Å². The maximum absolute atomic E-state index is 12.9. The van der Waals surface area contributed by atoms with Gasteiger partial charge in [-0.25, -0.2) is 4.39 Å². The van der Waals surface area contributed by atoms with E-state index in [0.717, 1.165) is 5.56 Å². The monoisotopic (exact) mass is 302 g/mol. The molecule has 0 spiro atoms. The number of nitrogens with zero attached hydrogens (tertiary/aromatic N) is 2. The van der Waals surface area contributed by atoms with E-state index in [1.54, 1.807) is 35.9 Å². The fraction of sp³-hybridized carbons (Fsp3) is 0.0714. The molecule has 0 unspecified atom stereocenters. The van der Waals surface area contributed by atoms with Crippen LogP contribution >= 0.6 is 12.2 Å². The Balaban J connectivity index is 2.08. The smallest absolute Gasteiger partial charge is 0.259 e. The maximum atomic E-state index is 12.9. The molecule has 0 amide bonds. The molecule has 0 radical (unpaired) electrons. The van der Waals surface area contributed by atoms with Crippen LogP contribution in [0, 0.1) is 10.6 Å². The van der Waals surface area contributed by atoms with Crippen molar-refractivity contribution in [3.05, 3.63) is 57.3 Å². The normalized spacial score (nSPS) is 10.8. The van der Waals surface area contributed by atoms with Gasteiger partial charge in [0.1, 0.15) is 5.82 Å². The molecule has 0 saturated carbocycles. The van der Waals surface area contributed by atoms with Gasteiger partial charge in [0.25, 0.3) is 5.56 Å². The molecule has 0 aliphatic heterocycles. The van der Waals surface area contributed by atoms with Crippen LogP contribution in [0.4, 0.5) is 4.39 Å². The lowest BCUT2D eigenvalue weighted by atomic mass is 10.1. The van der Waals surface area contributed by atoms with Gasteiger partial charge in [-0.2, -0.15) is 5.10 Å². The van der Waals surface area contributed by atoms with Gasteiger partial charge in [-0.15, -0.1) is 0 Å². The van der Waals surface area contributed by atoms with E-state index in [0.29, 0.717) is 21.9 Å². The Bertz CT molecular complexity index is 908. The lowest BCUT2D eigenvalue weighted by molar-refractivity contribution is 0.628. The molecule has 0 aliphatic rings. The molecule has 0 bridgehead atoms. The highest BCUT2D eigenvalue weighted by atomic mass is 32.1. The Morgan fingerprint density at radius 3 is 2.48 bits per heavy atom. The Morgan fingerprint density at radius 1 is 1.19 bits per heavy atom. The van der Waals surface area contributed by atoms with Crippen molar-refractivity contribution in [3.8, 4) is 22.6 Å². The molecule has 3 aromatic rings. The summed E-state index contributed by atoms with van der Waals surface area (Å²) < 4.78 is 15.0. The predicted molar refractivity (Wildman–Crippen MR) is 79.8 cm³/mol. The highest BCUT2D eigenvalue weighted by molar-refractivity contribution is 7.71. The second-order valence-electron chi connectivity index (χ2n) is 4.53. The first-order valence-corrected chi connectivity index (χ1v) is 6.58. The standard InChI is InChI=1S/C14H11FN4OS/c1-19-12(17-18-14(19)21)10-6-7-11(16-13(10)20)8-2-4-9(15)5-3-8/h2-7H,1H3,(H,16,20)(H,18,21). The lowest BCUT2D eigenvalue weighted by Crippen LogP contribution is -2.11. The van der Waals surface area contributed by atoms with E-state index >= 15 is 0 Å². The summed E-state index contributed by atoms with van der Waals surface area (Å²) in [5.41, 5.74) is 1.47. The van der Waals surface area contributed by atoms with E-state index < -0.39 is 0 Å². The van der Waals surface area contributed by atoms with E-state index in [9.17, 15) is 9.18 Å². The summed E-state index contributed by atoms with van der Waals surface area (Å²) in [6.07, 6.45) is 0. The third kappa shape index (κ3) is 2.43. The number of benzene rings is 1. The van der Waals surface area contributed by atoms with Gasteiger partial charge in [-0.3, -0.25) is 9.89 Å². The lowest BCUT2D eigenvalue weighted by Gasteiger charge is -2.04. The second-order valence-corrected chi connectivity index (χ2v) is 4.92. The van der Waals surface area contributed by atoms with Crippen LogP contribution in [0.15, 0.2) is 41.2 Å². The number of H-pyrrole nitrogens is 2. The summed E-state index contributed by atoms with van der Waals surface area (Å²) in [6, 6.07) is 9.33. The van der Waals surface area contributed by atoms with Gasteiger partial charge in [0.2, 0.25) is 0 Å². The first kappa shape index (κ1) is 13.4. The van der Waals surface area contributed by atoms with E-state index in [1.807, 2.05) is 0 Å². The summed E-state index contributed by atoms with van der Waals surface area (Å²) in [5, 5.41) is 6.67. The minimum atomic E-state index is -0.320. The summed E-state index contributed by atoms with van der Waals surface area (Å²) >= 11 is 5.03. The van der Waals surface area contributed by atoms with Gasteiger partial charge >= 0.3 is 0 Å². The van der Waals surface area contributed by atoms with Crippen LogP contribution < -0.4 is 5.56 Å². The number of hydrogen-bond acceptors (Lipinski definition) is 3. The fourth-order valence-corrected chi connectivity index (χ4v) is 2.17. The summed E-state index contributed by atoms with van der Waals surface area (Å²) in [6.45, 7) is 0. The van der Waals surface area contributed by atoms with Gasteiger partial charge in [0.15, 0.2) is 10.6 Å². The molecule has 2 aromatic heterocycles. The largest absolute Gasteiger partial charge is 0.321 e. The number of hydrogen-bond donors (Lipinski definition) is 2. The quantitative estimate of drug-likeness (QED) is 0.715. The number of aromatic amines is 2. The molecular weight excluding hydrogens is 291 g/mol. The molecule has 2 N–H and O–H groups in total. The number of aromatic nitrogens is 4. The zero-order chi connectivity index (χ0) is 15.0. The first-order chi connectivity index (χ1) is 10.1. The highest BCUT2D eigenvalue weighted by Crippen LogP contribution is 2.18. The van der Waals surface area contributed by atoms with Crippen molar-refractivity contribution < 1.29 is 4.39 Å². The van der Waals surface area contributed by atoms with E-state index in [1.165, 1.54) is 12.1 Å². The summed E-state index contributed by atoms with van der Waals surface area (Å²) in [5.74, 6) is 0.145. The number of halogens is 1. The second kappa shape index (κ2) is 5.10. The van der Waals surface area contributed by atoms with E-state index in [2.05, 4.69) is 15.2 Å². The van der Waals surface area contributed by atoms with Crippen molar-refractivity contribution in [2.24, 2.45) is 7.05 Å². The summed E-state index contributed by atoms with van der Waals surface area (Å²) in [4.78, 5) is 15.0. The van der Waals surface area contributed by atoms with Crippen LogP contribution in [0.2, 0.25) is 0 Å². The minimum absolute atomic E-state index is 0.283. The zero-order valence-corrected chi connectivity index (χ0v) is 11.9. The molecule has 2 heterocycles. The van der Waals surface area contributed by atoms with Crippen molar-refractivity contribution >= 4 is 12.2 Å². The third-order valence-electron chi connectivity index (χ3n) is 3.19. The SMILES string of the molecule is Cn1c(-c2ccc(-c3ccc(F)cc3)[nH]c2=O)n[nH]c1=S. The molecule has 1 aromatic carbocycles.